The molecule has 0 saturated carbocycles. The fraction of sp³-hybridized carbons (Fsp3) is 0.273. The summed E-state index contributed by atoms with van der Waals surface area (Å²) in [4.78, 5) is 16.5. The van der Waals surface area contributed by atoms with E-state index in [-0.39, 0.29) is 17.7 Å². The second-order valence-electron chi connectivity index (χ2n) is 6.86. The predicted molar refractivity (Wildman–Crippen MR) is 117 cm³/mol. The average Bonchev–Trinajstić information content (AvgIpc) is 3.12. The van der Waals surface area contributed by atoms with E-state index in [1.165, 1.54) is 22.9 Å². The number of thioether (sulfide) groups is 1. The number of pyridine rings is 1. The Morgan fingerprint density at radius 3 is 2.66 bits per heavy atom. The van der Waals surface area contributed by atoms with Crippen molar-refractivity contribution in [2.75, 3.05) is 5.75 Å². The van der Waals surface area contributed by atoms with Gasteiger partial charge >= 0.3 is 0 Å². The van der Waals surface area contributed by atoms with E-state index < -0.39 is 0 Å². The third kappa shape index (κ3) is 5.12. The predicted octanol–water partition coefficient (Wildman–Crippen LogP) is 4.11. The summed E-state index contributed by atoms with van der Waals surface area (Å²) in [6.45, 7) is 10.5. The molecule has 1 amide bonds. The van der Waals surface area contributed by atoms with Crippen LogP contribution < -0.4 is 5.32 Å². The van der Waals surface area contributed by atoms with Gasteiger partial charge in [0.1, 0.15) is 0 Å². The first-order valence-electron chi connectivity index (χ1n) is 9.43. The van der Waals surface area contributed by atoms with Gasteiger partial charge in [0.15, 0.2) is 11.0 Å². The smallest absolute Gasteiger partial charge is 0.230 e. The molecule has 6 nitrogen and oxygen atoms in total. The Labute approximate surface area is 175 Å². The van der Waals surface area contributed by atoms with E-state index in [0.717, 1.165) is 17.0 Å². The minimum absolute atomic E-state index is 0.0423. The van der Waals surface area contributed by atoms with E-state index in [1.807, 2.05) is 23.6 Å². The Morgan fingerprint density at radius 1 is 1.21 bits per heavy atom. The number of carbonyl (C=O) groups is 1. The highest BCUT2D eigenvalue weighted by Gasteiger charge is 2.16. The summed E-state index contributed by atoms with van der Waals surface area (Å²) in [5.41, 5.74) is 4.49. The van der Waals surface area contributed by atoms with Gasteiger partial charge in [0, 0.05) is 24.5 Å². The minimum atomic E-state index is -0.0548. The van der Waals surface area contributed by atoms with E-state index in [2.05, 4.69) is 59.1 Å². The van der Waals surface area contributed by atoms with Crippen molar-refractivity contribution in [3.05, 3.63) is 72.1 Å². The first kappa shape index (κ1) is 20.8. The molecule has 1 N–H and O–H groups in total. The van der Waals surface area contributed by atoms with Crippen LogP contribution in [0.2, 0.25) is 0 Å². The van der Waals surface area contributed by atoms with E-state index in [1.54, 1.807) is 18.5 Å². The molecule has 1 aromatic carbocycles. The lowest BCUT2D eigenvalue weighted by atomic mass is 10.0. The normalized spacial score (nSPS) is 11.8. The second-order valence-corrected chi connectivity index (χ2v) is 7.81. The number of amides is 1. The highest BCUT2D eigenvalue weighted by Crippen LogP contribution is 2.24. The number of rotatable bonds is 8. The highest BCUT2D eigenvalue weighted by molar-refractivity contribution is 7.99. The van der Waals surface area contributed by atoms with Crippen molar-refractivity contribution in [3.63, 3.8) is 0 Å². The van der Waals surface area contributed by atoms with Crippen molar-refractivity contribution in [2.45, 2.75) is 38.5 Å². The van der Waals surface area contributed by atoms with Crippen LogP contribution in [-0.2, 0) is 11.3 Å². The van der Waals surface area contributed by atoms with Crippen LogP contribution in [0.4, 0.5) is 0 Å². The van der Waals surface area contributed by atoms with Gasteiger partial charge in [0.05, 0.1) is 11.8 Å². The molecule has 0 aliphatic heterocycles. The summed E-state index contributed by atoms with van der Waals surface area (Å²) >= 11 is 1.37. The molecule has 0 aliphatic carbocycles. The zero-order valence-corrected chi connectivity index (χ0v) is 17.7. The van der Waals surface area contributed by atoms with E-state index >= 15 is 0 Å². The van der Waals surface area contributed by atoms with Crippen LogP contribution in [0.3, 0.4) is 0 Å². The fourth-order valence-electron chi connectivity index (χ4n) is 2.93. The number of aromatic nitrogens is 4. The number of hydrogen-bond acceptors (Lipinski definition) is 5. The first-order valence-corrected chi connectivity index (χ1v) is 10.4. The van der Waals surface area contributed by atoms with Crippen molar-refractivity contribution >= 4 is 17.7 Å². The minimum Gasteiger partial charge on any atom is -0.349 e. The molecular weight excluding hydrogens is 382 g/mol. The Kier molecular flexibility index (Phi) is 6.82. The van der Waals surface area contributed by atoms with Crippen molar-refractivity contribution in [1.82, 2.24) is 25.1 Å². The average molecular weight is 408 g/mol. The number of nitrogens with zero attached hydrogens (tertiary/aromatic N) is 4. The Morgan fingerprint density at radius 2 is 1.97 bits per heavy atom. The number of hydrogen-bond donors (Lipinski definition) is 1. The zero-order valence-electron chi connectivity index (χ0n) is 16.9. The Bertz CT molecular complexity index is 1000. The summed E-state index contributed by atoms with van der Waals surface area (Å²) in [7, 11) is 0. The number of aryl methyl sites for hydroxylation is 2. The van der Waals surface area contributed by atoms with E-state index in [4.69, 9.17) is 0 Å². The highest BCUT2D eigenvalue weighted by atomic mass is 32.2. The Hall–Kier alpha value is -2.93. The molecular formula is C22H25N5OS. The molecule has 150 valence electrons. The van der Waals surface area contributed by atoms with Crippen molar-refractivity contribution < 1.29 is 4.79 Å². The lowest BCUT2D eigenvalue weighted by Gasteiger charge is -2.15. The number of carbonyl (C=O) groups excluding carboxylic acids is 1. The fourth-order valence-corrected chi connectivity index (χ4v) is 3.69. The van der Waals surface area contributed by atoms with Gasteiger partial charge in [0.25, 0.3) is 0 Å². The SMILES string of the molecule is C=CCn1c(SCC(=O)NC(C)c2ccc(C)c(C)c2)nnc1-c1ccncc1. The zero-order chi connectivity index (χ0) is 20.8. The molecule has 0 bridgehead atoms. The van der Waals surface area contributed by atoms with Gasteiger partial charge in [-0.1, -0.05) is 36.0 Å². The maximum atomic E-state index is 12.5. The summed E-state index contributed by atoms with van der Waals surface area (Å²) in [6.07, 6.45) is 5.23. The van der Waals surface area contributed by atoms with Crippen LogP contribution in [-0.4, -0.2) is 31.4 Å². The lowest BCUT2D eigenvalue weighted by Crippen LogP contribution is -2.28. The van der Waals surface area contributed by atoms with Crippen LogP contribution in [0.5, 0.6) is 0 Å². The third-order valence-corrected chi connectivity index (χ3v) is 5.67. The van der Waals surface area contributed by atoms with Crippen LogP contribution in [0.1, 0.15) is 29.7 Å². The molecule has 0 saturated heterocycles. The van der Waals surface area contributed by atoms with Crippen LogP contribution in [0.15, 0.2) is 60.5 Å². The lowest BCUT2D eigenvalue weighted by molar-refractivity contribution is -0.119. The van der Waals surface area contributed by atoms with Crippen molar-refractivity contribution in [2.24, 2.45) is 0 Å². The quantitative estimate of drug-likeness (QED) is 0.449. The molecule has 3 rings (SSSR count). The Balaban J connectivity index is 1.66. The van der Waals surface area contributed by atoms with Gasteiger partial charge in [-0.15, -0.1) is 16.8 Å². The molecule has 0 aliphatic rings. The largest absolute Gasteiger partial charge is 0.349 e. The number of benzene rings is 1. The molecule has 0 spiro atoms. The van der Waals surface area contributed by atoms with E-state index in [0.29, 0.717) is 11.7 Å². The van der Waals surface area contributed by atoms with Crippen molar-refractivity contribution in [1.29, 1.82) is 0 Å². The molecule has 7 heteroatoms. The monoisotopic (exact) mass is 407 g/mol. The molecule has 1 atom stereocenters. The van der Waals surface area contributed by atoms with Crippen molar-refractivity contribution in [3.8, 4) is 11.4 Å². The van der Waals surface area contributed by atoms with Gasteiger partial charge in [-0.2, -0.15) is 0 Å². The van der Waals surface area contributed by atoms with Gasteiger partial charge in [-0.25, -0.2) is 0 Å². The molecule has 1 unspecified atom stereocenters. The summed E-state index contributed by atoms with van der Waals surface area (Å²) in [6, 6.07) is 9.98. The summed E-state index contributed by atoms with van der Waals surface area (Å²) < 4.78 is 1.95. The second kappa shape index (κ2) is 9.52. The van der Waals surface area contributed by atoms with Gasteiger partial charge < -0.3 is 5.32 Å². The van der Waals surface area contributed by atoms with Crippen LogP contribution in [0.25, 0.3) is 11.4 Å². The van der Waals surface area contributed by atoms with E-state index in [9.17, 15) is 4.79 Å². The number of nitrogens with one attached hydrogen (secondary N) is 1. The van der Waals surface area contributed by atoms with Gasteiger partial charge in [-0.05, 0) is 49.6 Å². The molecule has 2 aromatic heterocycles. The van der Waals surface area contributed by atoms with Gasteiger partial charge in [-0.3, -0.25) is 14.3 Å². The first-order chi connectivity index (χ1) is 14.0. The molecule has 2 heterocycles. The molecule has 29 heavy (non-hydrogen) atoms. The summed E-state index contributed by atoms with van der Waals surface area (Å²) in [5, 5.41) is 12.3. The number of allylic oxidation sites excluding steroid dienone is 1. The van der Waals surface area contributed by atoms with Crippen LogP contribution in [0, 0.1) is 13.8 Å². The standard InChI is InChI=1S/C22H25N5OS/c1-5-12-27-21(18-8-10-23-11-9-18)25-26-22(27)29-14-20(28)24-17(4)19-7-6-15(2)16(3)13-19/h5-11,13,17H,1,12,14H2,2-4H3,(H,24,28). The summed E-state index contributed by atoms with van der Waals surface area (Å²) in [5.74, 6) is 0.957. The maximum Gasteiger partial charge on any atom is 0.230 e. The topological polar surface area (TPSA) is 72.7 Å². The third-order valence-electron chi connectivity index (χ3n) is 4.71. The van der Waals surface area contributed by atoms with Gasteiger partial charge in [0.2, 0.25) is 5.91 Å². The van der Waals surface area contributed by atoms with Crippen LogP contribution >= 0.6 is 11.8 Å². The molecule has 0 radical (unpaired) electrons. The molecule has 0 fully saturated rings. The molecule has 3 aromatic rings. The maximum absolute atomic E-state index is 12.5.